The second-order valence-electron chi connectivity index (χ2n) is 6.06. The highest BCUT2D eigenvalue weighted by Gasteiger charge is 2.16. The van der Waals surface area contributed by atoms with Crippen molar-refractivity contribution in [2.24, 2.45) is 0 Å². The molecule has 0 aliphatic carbocycles. The molecule has 2 aromatic rings. The van der Waals surface area contributed by atoms with Crippen LogP contribution in [0.2, 0.25) is 5.02 Å². The van der Waals surface area contributed by atoms with Crippen molar-refractivity contribution >= 4 is 11.6 Å². The molecule has 0 saturated carbocycles. The summed E-state index contributed by atoms with van der Waals surface area (Å²) in [7, 11) is 0. The van der Waals surface area contributed by atoms with E-state index in [1.165, 1.54) is 5.56 Å². The van der Waals surface area contributed by atoms with Crippen LogP contribution in [0.15, 0.2) is 36.4 Å². The standard InChI is InChI=1S/C18H18ClNO/c1-12-10-13(18(2,3)4)8-9-16(12)21-17-7-5-6-15(19)14(17)11-20/h5-10H,1-4H3. The molecule has 2 nitrogen and oxygen atoms in total. The number of rotatable bonds is 2. The number of aryl methyl sites for hydroxylation is 1. The molecule has 0 atom stereocenters. The minimum Gasteiger partial charge on any atom is -0.456 e. The van der Waals surface area contributed by atoms with Crippen molar-refractivity contribution in [3.05, 3.63) is 58.1 Å². The highest BCUT2D eigenvalue weighted by Crippen LogP contribution is 2.33. The first-order chi connectivity index (χ1) is 9.82. The van der Waals surface area contributed by atoms with E-state index >= 15 is 0 Å². The Hall–Kier alpha value is -1.98. The summed E-state index contributed by atoms with van der Waals surface area (Å²) in [4.78, 5) is 0. The molecule has 0 aliphatic heterocycles. The van der Waals surface area contributed by atoms with E-state index in [-0.39, 0.29) is 5.41 Å². The number of hydrogen-bond donors (Lipinski definition) is 0. The monoisotopic (exact) mass is 299 g/mol. The van der Waals surface area contributed by atoms with Crippen LogP contribution < -0.4 is 4.74 Å². The molecular formula is C18H18ClNO. The van der Waals surface area contributed by atoms with Crippen LogP contribution >= 0.6 is 11.6 Å². The molecule has 0 N–H and O–H groups in total. The lowest BCUT2D eigenvalue weighted by molar-refractivity contribution is 0.476. The topological polar surface area (TPSA) is 33.0 Å². The van der Waals surface area contributed by atoms with E-state index in [1.54, 1.807) is 18.2 Å². The summed E-state index contributed by atoms with van der Waals surface area (Å²) < 4.78 is 5.87. The first-order valence-electron chi connectivity index (χ1n) is 6.80. The predicted octanol–water partition coefficient (Wildman–Crippen LogP) is 5.61. The summed E-state index contributed by atoms with van der Waals surface area (Å²) >= 11 is 6.02. The Labute approximate surface area is 130 Å². The van der Waals surface area contributed by atoms with Gasteiger partial charge in [0.15, 0.2) is 0 Å². The van der Waals surface area contributed by atoms with Crippen molar-refractivity contribution in [1.82, 2.24) is 0 Å². The second kappa shape index (κ2) is 5.79. The SMILES string of the molecule is Cc1cc(C(C)(C)C)ccc1Oc1cccc(Cl)c1C#N. The summed E-state index contributed by atoms with van der Waals surface area (Å²) in [6, 6.07) is 13.4. The van der Waals surface area contributed by atoms with Crippen LogP contribution in [0.3, 0.4) is 0 Å². The van der Waals surface area contributed by atoms with Crippen molar-refractivity contribution < 1.29 is 4.74 Å². The summed E-state index contributed by atoms with van der Waals surface area (Å²) in [5.41, 5.74) is 2.74. The highest BCUT2D eigenvalue weighted by molar-refractivity contribution is 6.31. The maximum absolute atomic E-state index is 9.18. The van der Waals surface area contributed by atoms with E-state index in [1.807, 2.05) is 13.0 Å². The number of ether oxygens (including phenoxy) is 1. The van der Waals surface area contributed by atoms with E-state index in [9.17, 15) is 5.26 Å². The molecule has 0 fully saturated rings. The van der Waals surface area contributed by atoms with Gasteiger partial charge in [0.25, 0.3) is 0 Å². The summed E-state index contributed by atoms with van der Waals surface area (Å²) in [6.07, 6.45) is 0. The van der Waals surface area contributed by atoms with Gasteiger partial charge in [-0.25, -0.2) is 0 Å². The fourth-order valence-corrected chi connectivity index (χ4v) is 2.25. The van der Waals surface area contributed by atoms with Crippen LogP contribution in [0, 0.1) is 18.3 Å². The number of hydrogen-bond acceptors (Lipinski definition) is 2. The quantitative estimate of drug-likeness (QED) is 0.722. The third-order valence-electron chi connectivity index (χ3n) is 3.35. The van der Waals surface area contributed by atoms with Crippen LogP contribution in [0.1, 0.15) is 37.5 Å². The van der Waals surface area contributed by atoms with Gasteiger partial charge in [-0.3, -0.25) is 0 Å². The lowest BCUT2D eigenvalue weighted by Crippen LogP contribution is -2.11. The van der Waals surface area contributed by atoms with Gasteiger partial charge in [-0.2, -0.15) is 5.26 Å². The van der Waals surface area contributed by atoms with Crippen LogP contribution in [0.5, 0.6) is 11.5 Å². The average molecular weight is 300 g/mol. The van der Waals surface area contributed by atoms with Crippen LogP contribution in [0.4, 0.5) is 0 Å². The fraction of sp³-hybridized carbons (Fsp3) is 0.278. The van der Waals surface area contributed by atoms with Gasteiger partial charge in [-0.05, 0) is 41.7 Å². The predicted molar refractivity (Wildman–Crippen MR) is 86.1 cm³/mol. The van der Waals surface area contributed by atoms with Crippen LogP contribution in [-0.2, 0) is 5.41 Å². The number of nitrogens with zero attached hydrogens (tertiary/aromatic N) is 1. The molecule has 0 saturated heterocycles. The van der Waals surface area contributed by atoms with Gasteiger partial charge in [0.1, 0.15) is 23.1 Å². The Morgan fingerprint density at radius 3 is 2.38 bits per heavy atom. The normalized spacial score (nSPS) is 11.0. The fourth-order valence-electron chi connectivity index (χ4n) is 2.05. The largest absolute Gasteiger partial charge is 0.456 e. The Morgan fingerprint density at radius 1 is 1.10 bits per heavy atom. The van der Waals surface area contributed by atoms with E-state index < -0.39 is 0 Å². The first-order valence-corrected chi connectivity index (χ1v) is 7.18. The lowest BCUT2D eigenvalue weighted by atomic mass is 9.86. The number of halogens is 1. The zero-order valence-electron chi connectivity index (χ0n) is 12.7. The van der Waals surface area contributed by atoms with Crippen molar-refractivity contribution in [2.75, 3.05) is 0 Å². The van der Waals surface area contributed by atoms with Gasteiger partial charge in [0, 0.05) is 0 Å². The third kappa shape index (κ3) is 3.37. The lowest BCUT2D eigenvalue weighted by Gasteiger charge is -2.20. The minimum atomic E-state index is 0.0944. The molecular weight excluding hydrogens is 282 g/mol. The van der Waals surface area contributed by atoms with E-state index in [2.05, 4.69) is 39.0 Å². The van der Waals surface area contributed by atoms with Crippen LogP contribution in [0.25, 0.3) is 0 Å². The highest BCUT2D eigenvalue weighted by atomic mass is 35.5. The molecule has 21 heavy (non-hydrogen) atoms. The molecule has 0 radical (unpaired) electrons. The van der Waals surface area contributed by atoms with E-state index in [4.69, 9.17) is 16.3 Å². The Bertz CT molecular complexity index is 708. The molecule has 0 aliphatic rings. The van der Waals surface area contributed by atoms with Gasteiger partial charge >= 0.3 is 0 Å². The second-order valence-corrected chi connectivity index (χ2v) is 6.46. The van der Waals surface area contributed by atoms with Crippen molar-refractivity contribution in [1.29, 1.82) is 5.26 Å². The Kier molecular flexibility index (Phi) is 4.25. The Balaban J connectivity index is 2.38. The zero-order chi connectivity index (χ0) is 15.6. The molecule has 0 heterocycles. The smallest absolute Gasteiger partial charge is 0.146 e. The van der Waals surface area contributed by atoms with Crippen molar-refractivity contribution in [2.45, 2.75) is 33.1 Å². The molecule has 0 aromatic heterocycles. The number of benzene rings is 2. The van der Waals surface area contributed by atoms with Gasteiger partial charge in [0.2, 0.25) is 0 Å². The zero-order valence-corrected chi connectivity index (χ0v) is 13.5. The molecule has 0 bridgehead atoms. The molecule has 2 aromatic carbocycles. The minimum absolute atomic E-state index is 0.0944. The molecule has 108 valence electrons. The molecule has 3 heteroatoms. The third-order valence-corrected chi connectivity index (χ3v) is 3.66. The van der Waals surface area contributed by atoms with Gasteiger partial charge in [-0.1, -0.05) is 50.6 Å². The van der Waals surface area contributed by atoms with E-state index in [0.717, 1.165) is 11.3 Å². The first kappa shape index (κ1) is 15.4. The summed E-state index contributed by atoms with van der Waals surface area (Å²) in [5, 5.41) is 9.58. The van der Waals surface area contributed by atoms with Gasteiger partial charge in [0.05, 0.1) is 5.02 Å². The van der Waals surface area contributed by atoms with E-state index in [0.29, 0.717) is 16.3 Å². The molecule has 0 spiro atoms. The molecule has 0 unspecified atom stereocenters. The summed E-state index contributed by atoms with van der Waals surface area (Å²) in [6.45, 7) is 8.52. The molecule has 2 rings (SSSR count). The number of nitriles is 1. The Morgan fingerprint density at radius 2 is 1.81 bits per heavy atom. The van der Waals surface area contributed by atoms with Gasteiger partial charge < -0.3 is 4.74 Å². The van der Waals surface area contributed by atoms with Crippen LogP contribution in [-0.4, -0.2) is 0 Å². The maximum atomic E-state index is 9.18. The maximum Gasteiger partial charge on any atom is 0.146 e. The molecule has 0 amide bonds. The summed E-state index contributed by atoms with van der Waals surface area (Å²) in [5.74, 6) is 1.22. The average Bonchev–Trinajstić information content (AvgIpc) is 2.40. The van der Waals surface area contributed by atoms with Crippen molar-refractivity contribution in [3.63, 3.8) is 0 Å². The van der Waals surface area contributed by atoms with Gasteiger partial charge in [-0.15, -0.1) is 0 Å². The van der Waals surface area contributed by atoms with Crippen molar-refractivity contribution in [3.8, 4) is 17.6 Å².